The molecule has 1 aliphatic carbocycles. The number of hydrogen-bond acceptors (Lipinski definition) is 5. The van der Waals surface area contributed by atoms with Gasteiger partial charge in [0.2, 0.25) is 5.91 Å². The number of rotatable bonds is 4. The quantitative estimate of drug-likeness (QED) is 0.779. The van der Waals surface area contributed by atoms with E-state index in [0.717, 1.165) is 5.75 Å². The van der Waals surface area contributed by atoms with E-state index in [1.807, 2.05) is 0 Å². The van der Waals surface area contributed by atoms with E-state index in [2.05, 4.69) is 0 Å². The van der Waals surface area contributed by atoms with Gasteiger partial charge in [-0.3, -0.25) is 9.59 Å². The lowest BCUT2D eigenvalue weighted by Crippen LogP contribution is -2.52. The Morgan fingerprint density at radius 1 is 1.29 bits per heavy atom. The van der Waals surface area contributed by atoms with Gasteiger partial charge in [-0.2, -0.15) is 11.8 Å². The van der Waals surface area contributed by atoms with Crippen LogP contribution in [0, 0.1) is 11.8 Å². The predicted molar refractivity (Wildman–Crippen MR) is 77.9 cm³/mol. The van der Waals surface area contributed by atoms with Crippen molar-refractivity contribution in [2.75, 3.05) is 24.7 Å². The molecular formula is C14H21NO5S. The fourth-order valence-corrected chi connectivity index (χ4v) is 4.00. The van der Waals surface area contributed by atoms with E-state index in [-0.39, 0.29) is 17.8 Å². The number of carbonyl (C=O) groups excluding carboxylic acids is 2. The van der Waals surface area contributed by atoms with Gasteiger partial charge in [-0.05, 0) is 26.2 Å². The maximum absolute atomic E-state index is 12.6. The molecule has 21 heavy (non-hydrogen) atoms. The van der Waals surface area contributed by atoms with Crippen LogP contribution >= 0.6 is 11.8 Å². The molecule has 2 fully saturated rings. The van der Waals surface area contributed by atoms with Gasteiger partial charge in [-0.15, -0.1) is 0 Å². The average molecular weight is 315 g/mol. The summed E-state index contributed by atoms with van der Waals surface area (Å²) in [4.78, 5) is 37.2. The Labute approximate surface area is 128 Å². The Bertz CT molecular complexity index is 428. The number of ether oxygens (including phenoxy) is 1. The maximum atomic E-state index is 12.6. The van der Waals surface area contributed by atoms with E-state index in [0.29, 0.717) is 38.2 Å². The first-order chi connectivity index (χ1) is 10.0. The first-order valence-corrected chi connectivity index (χ1v) is 8.47. The minimum atomic E-state index is -0.832. The molecule has 0 aromatic rings. The first-order valence-electron chi connectivity index (χ1n) is 7.32. The van der Waals surface area contributed by atoms with Gasteiger partial charge in [-0.25, -0.2) is 4.79 Å². The van der Waals surface area contributed by atoms with Gasteiger partial charge in [0.05, 0.1) is 12.5 Å². The minimum Gasteiger partial charge on any atom is -0.481 e. The topological polar surface area (TPSA) is 83.9 Å². The molecule has 118 valence electrons. The van der Waals surface area contributed by atoms with E-state index in [1.54, 1.807) is 23.6 Å². The number of hydrogen-bond donors (Lipinski definition) is 1. The second-order valence-electron chi connectivity index (χ2n) is 5.42. The van der Waals surface area contributed by atoms with Gasteiger partial charge in [0.15, 0.2) is 0 Å². The number of carbonyl (C=O) groups is 3. The van der Waals surface area contributed by atoms with Gasteiger partial charge in [-0.1, -0.05) is 0 Å². The van der Waals surface area contributed by atoms with Crippen LogP contribution in [0.4, 0.5) is 0 Å². The Morgan fingerprint density at radius 3 is 2.62 bits per heavy atom. The molecule has 0 radical (unpaired) electrons. The first kappa shape index (κ1) is 16.1. The third kappa shape index (κ3) is 3.70. The van der Waals surface area contributed by atoms with E-state index in [1.165, 1.54) is 0 Å². The Morgan fingerprint density at radius 2 is 2.00 bits per heavy atom. The summed E-state index contributed by atoms with van der Waals surface area (Å²) in [7, 11) is 0. The second-order valence-corrected chi connectivity index (χ2v) is 6.57. The summed E-state index contributed by atoms with van der Waals surface area (Å²) in [5, 5.41) is 9.03. The molecule has 3 atom stereocenters. The number of thioether (sulfide) groups is 1. The van der Waals surface area contributed by atoms with E-state index in [4.69, 9.17) is 9.84 Å². The molecule has 1 aliphatic heterocycles. The molecule has 6 nitrogen and oxygen atoms in total. The highest BCUT2D eigenvalue weighted by molar-refractivity contribution is 7.99. The molecule has 1 N–H and O–H groups in total. The Kier molecular flexibility index (Phi) is 5.50. The summed E-state index contributed by atoms with van der Waals surface area (Å²) in [5.74, 6) is -0.620. The van der Waals surface area contributed by atoms with E-state index < -0.39 is 17.9 Å². The van der Waals surface area contributed by atoms with Crippen LogP contribution in [0.2, 0.25) is 0 Å². The summed E-state index contributed by atoms with van der Waals surface area (Å²) in [6.45, 7) is 2.57. The molecule has 2 rings (SSSR count). The zero-order valence-corrected chi connectivity index (χ0v) is 12.9. The van der Waals surface area contributed by atoms with Crippen LogP contribution in [-0.4, -0.2) is 58.6 Å². The molecular weight excluding hydrogens is 294 g/mol. The third-order valence-electron chi connectivity index (χ3n) is 4.10. The fourth-order valence-electron chi connectivity index (χ4n) is 2.97. The van der Waals surface area contributed by atoms with Crippen molar-refractivity contribution in [3.63, 3.8) is 0 Å². The number of esters is 1. The number of amides is 1. The highest BCUT2D eigenvalue weighted by Crippen LogP contribution is 2.33. The van der Waals surface area contributed by atoms with Crippen molar-refractivity contribution in [1.29, 1.82) is 0 Å². The molecule has 3 unspecified atom stereocenters. The number of carboxylic acids is 1. The maximum Gasteiger partial charge on any atom is 0.329 e. The van der Waals surface area contributed by atoms with Gasteiger partial charge in [0.1, 0.15) is 6.04 Å². The summed E-state index contributed by atoms with van der Waals surface area (Å²) < 4.78 is 5.04. The molecule has 0 spiro atoms. The van der Waals surface area contributed by atoms with Crippen LogP contribution in [0.25, 0.3) is 0 Å². The molecule has 2 aliphatic rings. The van der Waals surface area contributed by atoms with Crippen molar-refractivity contribution >= 4 is 29.6 Å². The monoisotopic (exact) mass is 315 g/mol. The Hall–Kier alpha value is -1.24. The van der Waals surface area contributed by atoms with Crippen molar-refractivity contribution in [1.82, 2.24) is 4.90 Å². The Balaban J connectivity index is 2.02. The van der Waals surface area contributed by atoms with Crippen LogP contribution in [0.15, 0.2) is 0 Å². The molecule has 1 amide bonds. The van der Waals surface area contributed by atoms with Crippen molar-refractivity contribution in [2.24, 2.45) is 11.8 Å². The van der Waals surface area contributed by atoms with Gasteiger partial charge < -0.3 is 14.7 Å². The standard InChI is InChI=1S/C14H21NO5S/c1-2-20-14(19)11-8-21-6-5-15(11)12(16)9-3-4-10(7-9)13(17)18/h9-11H,2-8H2,1H3,(H,17,18). The van der Waals surface area contributed by atoms with Gasteiger partial charge in [0.25, 0.3) is 0 Å². The molecule has 0 bridgehead atoms. The summed E-state index contributed by atoms with van der Waals surface area (Å²) in [5.41, 5.74) is 0. The number of carboxylic acid groups (broad SMARTS) is 1. The molecule has 7 heteroatoms. The molecule has 1 saturated carbocycles. The zero-order valence-electron chi connectivity index (χ0n) is 12.1. The van der Waals surface area contributed by atoms with E-state index >= 15 is 0 Å². The van der Waals surface area contributed by atoms with Crippen molar-refractivity contribution in [3.8, 4) is 0 Å². The lowest BCUT2D eigenvalue weighted by molar-refractivity contribution is -0.155. The van der Waals surface area contributed by atoms with Gasteiger partial charge >= 0.3 is 11.9 Å². The number of aliphatic carboxylic acids is 1. The second kappa shape index (κ2) is 7.15. The molecule has 1 saturated heterocycles. The van der Waals surface area contributed by atoms with Crippen LogP contribution in [-0.2, 0) is 19.1 Å². The largest absolute Gasteiger partial charge is 0.481 e. The minimum absolute atomic E-state index is 0.0860. The lowest BCUT2D eigenvalue weighted by Gasteiger charge is -2.35. The highest BCUT2D eigenvalue weighted by atomic mass is 32.2. The normalized spacial score (nSPS) is 29.2. The van der Waals surface area contributed by atoms with Crippen LogP contribution < -0.4 is 0 Å². The SMILES string of the molecule is CCOC(=O)C1CSCCN1C(=O)C1CCC(C(=O)O)C1. The summed E-state index contributed by atoms with van der Waals surface area (Å²) in [6.07, 6.45) is 1.51. The third-order valence-corrected chi connectivity index (χ3v) is 5.12. The summed E-state index contributed by atoms with van der Waals surface area (Å²) >= 11 is 1.64. The molecule has 0 aromatic carbocycles. The van der Waals surface area contributed by atoms with Crippen LogP contribution in [0.1, 0.15) is 26.2 Å². The lowest BCUT2D eigenvalue weighted by atomic mass is 10.0. The molecule has 1 heterocycles. The predicted octanol–water partition coefficient (Wildman–Crippen LogP) is 0.994. The zero-order chi connectivity index (χ0) is 15.4. The van der Waals surface area contributed by atoms with Crippen molar-refractivity contribution in [3.05, 3.63) is 0 Å². The average Bonchev–Trinajstić information content (AvgIpc) is 2.97. The van der Waals surface area contributed by atoms with Crippen LogP contribution in [0.3, 0.4) is 0 Å². The van der Waals surface area contributed by atoms with E-state index in [9.17, 15) is 14.4 Å². The van der Waals surface area contributed by atoms with Gasteiger partial charge in [0, 0.05) is 24.0 Å². The fraction of sp³-hybridized carbons (Fsp3) is 0.786. The number of nitrogens with zero attached hydrogens (tertiary/aromatic N) is 1. The summed E-state index contributed by atoms with van der Waals surface area (Å²) in [6, 6.07) is -0.528. The highest BCUT2D eigenvalue weighted by Gasteiger charge is 2.40. The molecule has 0 aromatic heterocycles. The smallest absolute Gasteiger partial charge is 0.329 e. The van der Waals surface area contributed by atoms with Crippen molar-refractivity contribution in [2.45, 2.75) is 32.2 Å². The van der Waals surface area contributed by atoms with Crippen molar-refractivity contribution < 1.29 is 24.2 Å². The van der Waals surface area contributed by atoms with Crippen LogP contribution in [0.5, 0.6) is 0 Å².